The minimum Gasteiger partial charge on any atom is -0.379 e. The molecule has 0 radical (unpaired) electrons. The van der Waals surface area contributed by atoms with E-state index in [0.29, 0.717) is 6.04 Å². The molecular weight excluding hydrogens is 190 g/mol. The van der Waals surface area contributed by atoms with Crippen molar-refractivity contribution in [1.29, 1.82) is 0 Å². The van der Waals surface area contributed by atoms with Crippen molar-refractivity contribution in [3.05, 3.63) is 0 Å². The highest BCUT2D eigenvalue weighted by atomic mass is 16.5. The van der Waals surface area contributed by atoms with Crippen LogP contribution in [-0.2, 0) is 4.74 Å². The fourth-order valence-electron chi connectivity index (χ4n) is 2.10. The maximum atomic E-state index is 5.32. The molecule has 0 aromatic carbocycles. The van der Waals surface area contributed by atoms with Gasteiger partial charge in [-0.25, -0.2) is 0 Å². The summed E-state index contributed by atoms with van der Waals surface area (Å²) in [7, 11) is 0. The summed E-state index contributed by atoms with van der Waals surface area (Å²) in [6, 6.07) is 0.606. The van der Waals surface area contributed by atoms with Crippen LogP contribution in [0.15, 0.2) is 5.10 Å². The molecule has 0 saturated carbocycles. The second-order valence-corrected chi connectivity index (χ2v) is 4.35. The first-order chi connectivity index (χ1) is 7.36. The summed E-state index contributed by atoms with van der Waals surface area (Å²) in [4.78, 5) is 2.48. The molecule has 2 aliphatic heterocycles. The summed E-state index contributed by atoms with van der Waals surface area (Å²) in [5.74, 6) is 0. The zero-order valence-corrected chi connectivity index (χ0v) is 9.56. The van der Waals surface area contributed by atoms with E-state index in [1.165, 1.54) is 13.0 Å². The molecule has 2 aliphatic rings. The lowest BCUT2D eigenvalue weighted by atomic mass is 10.2. The van der Waals surface area contributed by atoms with E-state index in [1.54, 1.807) is 0 Å². The molecule has 4 nitrogen and oxygen atoms in total. The van der Waals surface area contributed by atoms with E-state index >= 15 is 0 Å². The molecule has 0 aromatic rings. The first-order valence-corrected chi connectivity index (χ1v) is 5.95. The van der Waals surface area contributed by atoms with Crippen molar-refractivity contribution in [1.82, 2.24) is 9.91 Å². The van der Waals surface area contributed by atoms with Crippen molar-refractivity contribution in [3.8, 4) is 0 Å². The summed E-state index contributed by atoms with van der Waals surface area (Å²) < 4.78 is 5.32. The Morgan fingerprint density at radius 1 is 1.33 bits per heavy atom. The molecule has 0 aliphatic carbocycles. The number of ether oxygens (including phenoxy) is 1. The van der Waals surface area contributed by atoms with E-state index in [-0.39, 0.29) is 0 Å². The van der Waals surface area contributed by atoms with Gasteiger partial charge in [0.25, 0.3) is 0 Å². The molecule has 1 fully saturated rings. The third kappa shape index (κ3) is 3.18. The third-order valence-corrected chi connectivity index (χ3v) is 3.15. The Morgan fingerprint density at radius 3 is 2.80 bits per heavy atom. The predicted octanol–water partition coefficient (Wildman–Crippen LogP) is 0.789. The van der Waals surface area contributed by atoms with E-state index in [4.69, 9.17) is 4.74 Å². The van der Waals surface area contributed by atoms with Gasteiger partial charge in [0.15, 0.2) is 0 Å². The fraction of sp³-hybridized carbons (Fsp3) is 0.909. The van der Waals surface area contributed by atoms with Crippen molar-refractivity contribution >= 4 is 6.21 Å². The molecule has 1 unspecified atom stereocenters. The topological polar surface area (TPSA) is 28.1 Å². The molecule has 4 heteroatoms. The zero-order chi connectivity index (χ0) is 10.5. The van der Waals surface area contributed by atoms with Gasteiger partial charge in [-0.3, -0.25) is 9.91 Å². The second kappa shape index (κ2) is 5.47. The van der Waals surface area contributed by atoms with Gasteiger partial charge in [-0.1, -0.05) is 0 Å². The highest BCUT2D eigenvalue weighted by molar-refractivity contribution is 5.59. The van der Waals surface area contributed by atoms with Crippen LogP contribution in [-0.4, -0.2) is 61.6 Å². The molecule has 86 valence electrons. The van der Waals surface area contributed by atoms with E-state index < -0.39 is 0 Å². The Kier molecular flexibility index (Phi) is 3.97. The Bertz CT molecular complexity index is 214. The number of hydrogen-bond donors (Lipinski definition) is 0. The monoisotopic (exact) mass is 211 g/mol. The average molecular weight is 211 g/mol. The van der Waals surface area contributed by atoms with Crippen LogP contribution in [0.5, 0.6) is 0 Å². The van der Waals surface area contributed by atoms with Crippen molar-refractivity contribution in [2.45, 2.75) is 25.8 Å². The van der Waals surface area contributed by atoms with Crippen LogP contribution in [0.1, 0.15) is 19.8 Å². The Hall–Kier alpha value is -0.610. The smallest absolute Gasteiger partial charge is 0.0594 e. The van der Waals surface area contributed by atoms with Gasteiger partial charge in [-0.15, -0.1) is 0 Å². The number of morpholine rings is 1. The molecular formula is C11H21N3O. The summed E-state index contributed by atoms with van der Waals surface area (Å²) in [5.41, 5.74) is 0. The molecule has 2 rings (SSSR count). The summed E-state index contributed by atoms with van der Waals surface area (Å²) >= 11 is 0. The van der Waals surface area contributed by atoms with Gasteiger partial charge < -0.3 is 4.74 Å². The molecule has 1 atom stereocenters. The van der Waals surface area contributed by atoms with E-state index in [1.807, 2.05) is 6.21 Å². The quantitative estimate of drug-likeness (QED) is 0.688. The van der Waals surface area contributed by atoms with Crippen LogP contribution < -0.4 is 0 Å². The minimum atomic E-state index is 0.606. The predicted molar refractivity (Wildman–Crippen MR) is 61.2 cm³/mol. The van der Waals surface area contributed by atoms with Crippen LogP contribution in [0.25, 0.3) is 0 Å². The first-order valence-electron chi connectivity index (χ1n) is 5.95. The van der Waals surface area contributed by atoms with E-state index in [0.717, 1.165) is 39.3 Å². The lowest BCUT2D eigenvalue weighted by Crippen LogP contribution is -2.38. The third-order valence-electron chi connectivity index (χ3n) is 3.15. The van der Waals surface area contributed by atoms with Crippen LogP contribution in [0.3, 0.4) is 0 Å². The molecule has 2 heterocycles. The zero-order valence-electron chi connectivity index (χ0n) is 9.56. The summed E-state index contributed by atoms with van der Waals surface area (Å²) in [6.45, 7) is 8.51. The molecule has 0 spiro atoms. The van der Waals surface area contributed by atoms with Gasteiger partial charge in [-0.05, 0) is 13.3 Å². The Labute approximate surface area is 91.9 Å². The standard InChI is InChI=1S/C11H21N3O/c1-11-3-4-12-14(11)6-2-5-13-7-9-15-10-8-13/h4,11H,2-3,5-10H2,1H3. The van der Waals surface area contributed by atoms with Crippen molar-refractivity contribution < 1.29 is 4.74 Å². The normalized spacial score (nSPS) is 27.5. The molecule has 0 bridgehead atoms. The van der Waals surface area contributed by atoms with Crippen molar-refractivity contribution in [2.24, 2.45) is 5.10 Å². The highest BCUT2D eigenvalue weighted by Crippen LogP contribution is 2.10. The van der Waals surface area contributed by atoms with Gasteiger partial charge in [0.2, 0.25) is 0 Å². The van der Waals surface area contributed by atoms with Gasteiger partial charge in [0, 0.05) is 44.9 Å². The van der Waals surface area contributed by atoms with Crippen LogP contribution in [0.2, 0.25) is 0 Å². The van der Waals surface area contributed by atoms with Gasteiger partial charge in [-0.2, -0.15) is 5.10 Å². The van der Waals surface area contributed by atoms with E-state index in [9.17, 15) is 0 Å². The molecule has 15 heavy (non-hydrogen) atoms. The number of rotatable bonds is 4. The minimum absolute atomic E-state index is 0.606. The molecule has 1 saturated heterocycles. The van der Waals surface area contributed by atoms with Crippen LogP contribution in [0.4, 0.5) is 0 Å². The van der Waals surface area contributed by atoms with Gasteiger partial charge >= 0.3 is 0 Å². The summed E-state index contributed by atoms with van der Waals surface area (Å²) in [5, 5.41) is 6.57. The van der Waals surface area contributed by atoms with Gasteiger partial charge in [0.05, 0.1) is 13.2 Å². The van der Waals surface area contributed by atoms with E-state index in [2.05, 4.69) is 21.9 Å². The Morgan fingerprint density at radius 2 is 2.13 bits per heavy atom. The summed E-state index contributed by atoms with van der Waals surface area (Å²) in [6.07, 6.45) is 4.35. The number of hydrazone groups is 1. The largest absolute Gasteiger partial charge is 0.379 e. The SMILES string of the molecule is CC1CC=NN1CCCN1CCOCC1. The Balaban J connectivity index is 1.59. The molecule has 0 amide bonds. The van der Waals surface area contributed by atoms with Crippen LogP contribution in [0, 0.1) is 0 Å². The van der Waals surface area contributed by atoms with Crippen molar-refractivity contribution in [3.63, 3.8) is 0 Å². The second-order valence-electron chi connectivity index (χ2n) is 4.35. The molecule has 0 N–H and O–H groups in total. The van der Waals surface area contributed by atoms with Gasteiger partial charge in [0.1, 0.15) is 0 Å². The lowest BCUT2D eigenvalue weighted by molar-refractivity contribution is 0.0358. The fourth-order valence-corrected chi connectivity index (χ4v) is 2.10. The maximum Gasteiger partial charge on any atom is 0.0594 e. The average Bonchev–Trinajstić information content (AvgIpc) is 2.66. The number of hydrogen-bond acceptors (Lipinski definition) is 4. The lowest BCUT2D eigenvalue weighted by Gasteiger charge is -2.27. The van der Waals surface area contributed by atoms with Crippen LogP contribution >= 0.6 is 0 Å². The number of nitrogens with zero attached hydrogens (tertiary/aromatic N) is 3. The molecule has 0 aromatic heterocycles. The first kappa shape index (κ1) is 10.9. The maximum absolute atomic E-state index is 5.32. The van der Waals surface area contributed by atoms with Crippen molar-refractivity contribution in [2.75, 3.05) is 39.4 Å². The highest BCUT2D eigenvalue weighted by Gasteiger charge is 2.15.